The molecule has 0 aromatic carbocycles. The van der Waals surface area contributed by atoms with Gasteiger partial charge in [-0.15, -0.1) is 0 Å². The highest BCUT2D eigenvalue weighted by Gasteiger charge is 2.55. The number of hydrogen-bond donors (Lipinski definition) is 1. The molecule has 4 bridgehead atoms. The Bertz CT molecular complexity index is 314. The first-order chi connectivity index (χ1) is 7.30. The van der Waals surface area contributed by atoms with Gasteiger partial charge in [0.15, 0.2) is 0 Å². The van der Waals surface area contributed by atoms with E-state index in [-0.39, 0.29) is 11.5 Å². The van der Waals surface area contributed by atoms with Crippen molar-refractivity contribution >= 4 is 0 Å². The standard InChI is InChI=1S/C12H21N/c1-7-9-3-10-5-12(13,4-9)6-11(7)8(10)2/h7-11H,3-6,13H2,1-2H3/i1D3. The molecule has 0 aromatic rings. The molecule has 0 amide bonds. The zero-order valence-electron chi connectivity index (χ0n) is 11.3. The van der Waals surface area contributed by atoms with Gasteiger partial charge in [-0.1, -0.05) is 13.8 Å². The second kappa shape index (κ2) is 2.31. The number of nitrogens with two attached hydrogens (primary N) is 1. The molecule has 4 aliphatic carbocycles. The summed E-state index contributed by atoms with van der Waals surface area (Å²) >= 11 is 0. The van der Waals surface area contributed by atoms with Crippen LogP contribution in [0.3, 0.4) is 0 Å². The van der Waals surface area contributed by atoms with Crippen LogP contribution in [0.15, 0.2) is 0 Å². The van der Waals surface area contributed by atoms with Crippen LogP contribution in [0.1, 0.15) is 43.6 Å². The Kier molecular flexibility index (Phi) is 1.02. The van der Waals surface area contributed by atoms with E-state index in [1.165, 1.54) is 0 Å². The molecule has 13 heavy (non-hydrogen) atoms. The fourth-order valence-corrected chi connectivity index (χ4v) is 4.33. The summed E-state index contributed by atoms with van der Waals surface area (Å²) in [7, 11) is 0. The lowest BCUT2D eigenvalue weighted by Crippen LogP contribution is -2.61. The molecule has 0 saturated heterocycles. The summed E-state index contributed by atoms with van der Waals surface area (Å²) in [6, 6.07) is 0. The summed E-state index contributed by atoms with van der Waals surface area (Å²) in [5, 5.41) is 0. The van der Waals surface area contributed by atoms with Crippen LogP contribution in [0.5, 0.6) is 0 Å². The summed E-state index contributed by atoms with van der Waals surface area (Å²) in [6.07, 6.45) is 4.15. The van der Waals surface area contributed by atoms with E-state index in [2.05, 4.69) is 6.92 Å². The summed E-state index contributed by atoms with van der Waals surface area (Å²) in [5.74, 6) is 1.91. The molecule has 1 nitrogen and oxygen atoms in total. The van der Waals surface area contributed by atoms with Crippen molar-refractivity contribution in [2.45, 2.75) is 45.0 Å². The first-order valence-electron chi connectivity index (χ1n) is 7.09. The molecule has 74 valence electrons. The molecule has 2 N–H and O–H groups in total. The molecule has 0 heterocycles. The summed E-state index contributed by atoms with van der Waals surface area (Å²) in [6.45, 7) is 0.475. The van der Waals surface area contributed by atoms with E-state index in [0.717, 1.165) is 25.7 Å². The van der Waals surface area contributed by atoms with E-state index in [1.54, 1.807) is 0 Å². The molecule has 4 fully saturated rings. The number of rotatable bonds is 0. The highest BCUT2D eigenvalue weighted by atomic mass is 14.8. The smallest absolute Gasteiger partial charge is 0.0233 e. The zero-order chi connectivity index (χ0) is 11.7. The lowest BCUT2D eigenvalue weighted by molar-refractivity contribution is -0.0841. The van der Waals surface area contributed by atoms with Gasteiger partial charge >= 0.3 is 0 Å². The van der Waals surface area contributed by atoms with E-state index in [9.17, 15) is 0 Å². The topological polar surface area (TPSA) is 26.0 Å². The van der Waals surface area contributed by atoms with Gasteiger partial charge in [0.25, 0.3) is 0 Å². The van der Waals surface area contributed by atoms with Gasteiger partial charge in [0, 0.05) is 9.65 Å². The molecule has 4 aliphatic rings. The predicted molar refractivity (Wildman–Crippen MR) is 54.2 cm³/mol. The first kappa shape index (κ1) is 5.75. The van der Waals surface area contributed by atoms with Crippen molar-refractivity contribution in [2.24, 2.45) is 35.3 Å². The van der Waals surface area contributed by atoms with Crippen molar-refractivity contribution in [1.29, 1.82) is 0 Å². The summed E-state index contributed by atoms with van der Waals surface area (Å²) in [5.41, 5.74) is 6.38. The molecule has 0 aromatic heterocycles. The summed E-state index contributed by atoms with van der Waals surface area (Å²) < 4.78 is 23.3. The minimum absolute atomic E-state index is 0.0213. The molecule has 0 radical (unpaired) electrons. The molecule has 0 aliphatic heterocycles. The molecule has 0 spiro atoms. The van der Waals surface area contributed by atoms with Crippen molar-refractivity contribution in [3.8, 4) is 0 Å². The Morgan fingerprint density at radius 3 is 2.62 bits per heavy atom. The highest BCUT2D eigenvalue weighted by molar-refractivity contribution is 5.08. The van der Waals surface area contributed by atoms with Crippen LogP contribution in [0.25, 0.3) is 0 Å². The third-order valence-electron chi connectivity index (χ3n) is 4.97. The van der Waals surface area contributed by atoms with E-state index in [0.29, 0.717) is 23.7 Å². The third-order valence-corrected chi connectivity index (χ3v) is 4.97. The molecule has 4 rings (SSSR count). The highest BCUT2D eigenvalue weighted by Crippen LogP contribution is 2.59. The maximum atomic E-state index is 7.75. The first-order valence-corrected chi connectivity index (χ1v) is 5.59. The van der Waals surface area contributed by atoms with Gasteiger partial charge in [-0.2, -0.15) is 0 Å². The largest absolute Gasteiger partial charge is 0.325 e. The van der Waals surface area contributed by atoms with Crippen LogP contribution in [-0.2, 0) is 0 Å². The van der Waals surface area contributed by atoms with Crippen molar-refractivity contribution < 1.29 is 4.11 Å². The normalized spacial score (nSPS) is 68.8. The van der Waals surface area contributed by atoms with Gasteiger partial charge in [-0.05, 0) is 55.3 Å². The number of hydrogen-bond acceptors (Lipinski definition) is 1. The lowest BCUT2D eigenvalue weighted by atomic mass is 9.46. The Labute approximate surface area is 85.3 Å². The van der Waals surface area contributed by atoms with E-state index >= 15 is 0 Å². The Hall–Kier alpha value is -0.0400. The third kappa shape index (κ3) is 0.971. The maximum absolute atomic E-state index is 7.75. The quantitative estimate of drug-likeness (QED) is 0.611. The van der Waals surface area contributed by atoms with Gasteiger partial charge in [0.05, 0.1) is 0 Å². The monoisotopic (exact) mass is 182 g/mol. The minimum Gasteiger partial charge on any atom is -0.325 e. The minimum atomic E-state index is -1.77. The van der Waals surface area contributed by atoms with Crippen LogP contribution >= 0.6 is 0 Å². The fourth-order valence-electron chi connectivity index (χ4n) is 4.33. The second-order valence-corrected chi connectivity index (χ2v) is 5.78. The van der Waals surface area contributed by atoms with Crippen molar-refractivity contribution in [3.63, 3.8) is 0 Å². The van der Waals surface area contributed by atoms with Crippen molar-refractivity contribution in [2.75, 3.05) is 0 Å². The average molecular weight is 182 g/mol. The van der Waals surface area contributed by atoms with Gasteiger partial charge in [0.1, 0.15) is 0 Å². The Morgan fingerprint density at radius 1 is 1.23 bits per heavy atom. The van der Waals surface area contributed by atoms with Gasteiger partial charge in [-0.3, -0.25) is 0 Å². The average Bonchev–Trinajstić information content (AvgIpc) is 2.09. The lowest BCUT2D eigenvalue weighted by Gasteiger charge is -2.61. The molecule has 6 atom stereocenters. The van der Waals surface area contributed by atoms with Crippen LogP contribution in [-0.4, -0.2) is 5.54 Å². The van der Waals surface area contributed by atoms with Crippen LogP contribution < -0.4 is 5.73 Å². The van der Waals surface area contributed by atoms with Gasteiger partial charge in [-0.25, -0.2) is 0 Å². The molecular formula is C12H21N. The molecule has 6 unspecified atom stereocenters. The van der Waals surface area contributed by atoms with Crippen LogP contribution in [0.2, 0.25) is 0 Å². The Balaban J connectivity index is 1.96. The zero-order valence-corrected chi connectivity index (χ0v) is 8.29. The maximum Gasteiger partial charge on any atom is 0.0233 e. The molecule has 4 saturated carbocycles. The van der Waals surface area contributed by atoms with Crippen molar-refractivity contribution in [3.05, 3.63) is 0 Å². The van der Waals surface area contributed by atoms with Crippen LogP contribution in [0, 0.1) is 29.6 Å². The van der Waals surface area contributed by atoms with Gasteiger partial charge in [0.2, 0.25) is 0 Å². The fraction of sp³-hybridized carbons (Fsp3) is 1.00. The van der Waals surface area contributed by atoms with E-state index in [1.807, 2.05) is 0 Å². The molecule has 1 heteroatoms. The van der Waals surface area contributed by atoms with E-state index in [4.69, 9.17) is 9.85 Å². The van der Waals surface area contributed by atoms with Gasteiger partial charge < -0.3 is 5.73 Å². The SMILES string of the molecule is [2H]C([2H])([2H])C1C2CC3CC(N)(C2)CC1C3C. The van der Waals surface area contributed by atoms with Crippen molar-refractivity contribution in [1.82, 2.24) is 0 Å². The molecular weight excluding hydrogens is 158 g/mol. The Morgan fingerprint density at radius 2 is 1.92 bits per heavy atom. The van der Waals surface area contributed by atoms with E-state index < -0.39 is 6.85 Å². The summed E-state index contributed by atoms with van der Waals surface area (Å²) in [4.78, 5) is 0. The predicted octanol–water partition coefficient (Wildman–Crippen LogP) is 2.41. The second-order valence-electron chi connectivity index (χ2n) is 5.78. The van der Waals surface area contributed by atoms with Crippen LogP contribution in [0.4, 0.5) is 0 Å².